The molecule has 193 valence electrons. The number of aromatic nitrogens is 5. The van der Waals surface area contributed by atoms with Crippen molar-refractivity contribution >= 4 is 22.1 Å². The van der Waals surface area contributed by atoms with Crippen LogP contribution < -0.4 is 24.8 Å². The first-order chi connectivity index (χ1) is 17.9. The number of hydrogen-bond acceptors (Lipinski definition) is 3. The fourth-order valence-electron chi connectivity index (χ4n) is 4.76. The van der Waals surface area contributed by atoms with E-state index in [4.69, 9.17) is 15.0 Å². The van der Waals surface area contributed by atoms with E-state index in [2.05, 4.69) is 45.5 Å². The van der Waals surface area contributed by atoms with Gasteiger partial charge in [0.05, 0.1) is 22.1 Å². The van der Waals surface area contributed by atoms with Gasteiger partial charge in [0.2, 0.25) is 0 Å². The molecule has 0 spiro atoms. The summed E-state index contributed by atoms with van der Waals surface area (Å²) in [5.41, 5.74) is 7.62. The molecular weight excluding hydrogens is 572 g/mol. The summed E-state index contributed by atoms with van der Waals surface area (Å²) in [6, 6.07) is 43.0. The predicted molar refractivity (Wildman–Crippen MR) is 144 cm³/mol. The maximum Gasteiger partial charge on any atom is 2.00 e. The zero-order chi connectivity index (χ0) is 23.9. The van der Waals surface area contributed by atoms with Crippen molar-refractivity contribution in [2.45, 2.75) is 0 Å². The number of nitrogens with zero attached hydrogens (tertiary/aromatic N) is 5. The van der Waals surface area contributed by atoms with E-state index in [9.17, 15) is 0 Å². The summed E-state index contributed by atoms with van der Waals surface area (Å²) in [5.74, 6) is 1.60. The number of rotatable bonds is 4. The first-order valence-electron chi connectivity index (χ1n) is 11.9. The average Bonchev–Trinajstić information content (AvgIpc) is 3.53. The minimum Gasteiger partial charge on any atom is -1.00 e. The van der Waals surface area contributed by atoms with Crippen LogP contribution >= 0.6 is 0 Å². The van der Waals surface area contributed by atoms with Gasteiger partial charge >= 0.3 is 16.8 Å². The van der Waals surface area contributed by atoms with Gasteiger partial charge in [-0.25, -0.2) is 15.0 Å². The van der Waals surface area contributed by atoms with Crippen LogP contribution in [0.3, 0.4) is 0 Å². The Morgan fingerprint density at radius 1 is 0.385 bits per heavy atom. The molecule has 7 rings (SSSR count). The van der Waals surface area contributed by atoms with Crippen molar-refractivity contribution in [1.29, 1.82) is 0 Å². The molecule has 7 aromatic rings. The zero-order valence-corrected chi connectivity index (χ0v) is 23.0. The topological polar surface area (TPSA) is 48.5 Å². The Labute approximate surface area is 248 Å². The molecule has 0 saturated carbocycles. The van der Waals surface area contributed by atoms with Crippen LogP contribution in [0.1, 0.15) is 0 Å². The monoisotopic (exact) mass is 592 g/mol. The Hall–Kier alpha value is -3.94. The molecule has 0 aliphatic carbocycles. The minimum atomic E-state index is 0. The van der Waals surface area contributed by atoms with Crippen LogP contribution in [0.15, 0.2) is 127 Å². The molecule has 0 atom stereocenters. The molecule has 0 fully saturated rings. The Bertz CT molecular complexity index is 1720. The molecule has 0 aliphatic rings. The van der Waals surface area contributed by atoms with Crippen molar-refractivity contribution in [1.82, 2.24) is 24.1 Å². The number of para-hydroxylation sites is 6. The molecule has 0 N–H and O–H groups in total. The fourth-order valence-corrected chi connectivity index (χ4v) is 4.76. The van der Waals surface area contributed by atoms with Crippen LogP contribution in [0.2, 0.25) is 0 Å². The second-order valence-corrected chi connectivity index (χ2v) is 8.60. The molecule has 3 heterocycles. The fraction of sp³-hybridized carbons (Fsp3) is 0. The molecule has 0 saturated heterocycles. The summed E-state index contributed by atoms with van der Waals surface area (Å²) < 4.78 is 4.34. The number of pyridine rings is 1. The average molecular weight is 593 g/mol. The van der Waals surface area contributed by atoms with E-state index >= 15 is 0 Å². The largest absolute Gasteiger partial charge is 2.00 e. The molecule has 8 heteroatoms. The second kappa shape index (κ2) is 11.8. The van der Waals surface area contributed by atoms with Gasteiger partial charge in [-0.05, 0) is 60.7 Å². The van der Waals surface area contributed by atoms with Gasteiger partial charge in [-0.15, -0.1) is 0 Å². The third-order valence-corrected chi connectivity index (χ3v) is 6.36. The molecule has 1 radical (unpaired) electrons. The van der Waals surface area contributed by atoms with E-state index in [1.165, 1.54) is 0 Å². The minimum absolute atomic E-state index is 0. The van der Waals surface area contributed by atoms with Crippen LogP contribution in [0, 0.1) is 0 Å². The maximum atomic E-state index is 5.11. The second-order valence-electron chi connectivity index (χ2n) is 8.60. The van der Waals surface area contributed by atoms with Crippen molar-refractivity contribution < 1.29 is 41.6 Å². The summed E-state index contributed by atoms with van der Waals surface area (Å²) in [7, 11) is 0. The van der Waals surface area contributed by atoms with E-state index in [0.29, 0.717) is 0 Å². The van der Waals surface area contributed by atoms with Gasteiger partial charge in [-0.3, -0.25) is 9.13 Å². The standard InChI is InChI=1S/C31H21N5.2ClH.Co/c1-3-12-22(13-4-1)35-28-20-9-7-16-24(28)33-30(35)26-18-11-19-27(32-26)31-34-25-17-8-10-21-29(25)36(31)23-14-5-2-6-15-23;;;/h1-21H;2*1H;/q;;;+2/p-2. The van der Waals surface area contributed by atoms with Gasteiger partial charge in [-0.1, -0.05) is 66.7 Å². The number of benzene rings is 4. The summed E-state index contributed by atoms with van der Waals surface area (Å²) >= 11 is 0. The van der Waals surface area contributed by atoms with Gasteiger partial charge in [-0.2, -0.15) is 0 Å². The Morgan fingerprint density at radius 2 is 0.769 bits per heavy atom. The maximum absolute atomic E-state index is 5.11. The van der Waals surface area contributed by atoms with Crippen molar-refractivity contribution in [3.05, 3.63) is 127 Å². The smallest absolute Gasteiger partial charge is 1.00 e. The number of imidazole rings is 2. The third kappa shape index (κ3) is 4.95. The third-order valence-electron chi connectivity index (χ3n) is 6.36. The van der Waals surface area contributed by atoms with E-state index < -0.39 is 0 Å². The van der Waals surface area contributed by atoms with Crippen LogP contribution in [-0.2, 0) is 16.8 Å². The van der Waals surface area contributed by atoms with Gasteiger partial charge in [0.15, 0.2) is 11.6 Å². The van der Waals surface area contributed by atoms with E-state index in [1.54, 1.807) is 0 Å². The van der Waals surface area contributed by atoms with Crippen LogP contribution in [0.4, 0.5) is 0 Å². The van der Waals surface area contributed by atoms with Crippen LogP contribution in [0.5, 0.6) is 0 Å². The molecule has 0 unspecified atom stereocenters. The van der Waals surface area contributed by atoms with E-state index in [-0.39, 0.29) is 41.6 Å². The van der Waals surface area contributed by atoms with Crippen molar-refractivity contribution in [2.75, 3.05) is 0 Å². The van der Waals surface area contributed by atoms with Gasteiger partial charge < -0.3 is 24.8 Å². The molecule has 0 amide bonds. The SMILES string of the molecule is [Cl-].[Cl-].[Co+2].c1ccc(-n2c(-c3cccc(-c4nc5ccccc5n4-c4ccccc4)n3)nc3ccccc32)cc1. The number of hydrogen-bond donors (Lipinski definition) is 0. The molecule has 0 aliphatic heterocycles. The Balaban J connectivity index is 0.00000118. The summed E-state index contributed by atoms with van der Waals surface area (Å²) in [5, 5.41) is 0. The number of halogens is 2. The molecule has 4 aromatic carbocycles. The molecular formula is C31H21Cl2CoN5. The first kappa shape index (κ1) is 28.1. The Morgan fingerprint density at radius 3 is 1.21 bits per heavy atom. The van der Waals surface area contributed by atoms with Crippen molar-refractivity contribution in [2.24, 2.45) is 0 Å². The van der Waals surface area contributed by atoms with Gasteiger partial charge in [0.1, 0.15) is 11.4 Å². The summed E-state index contributed by atoms with van der Waals surface area (Å²) in [4.78, 5) is 15.1. The summed E-state index contributed by atoms with van der Waals surface area (Å²) in [6.07, 6.45) is 0. The molecule has 0 bridgehead atoms. The first-order valence-corrected chi connectivity index (χ1v) is 11.9. The van der Waals surface area contributed by atoms with Crippen molar-refractivity contribution in [3.8, 4) is 34.4 Å². The van der Waals surface area contributed by atoms with Gasteiger partial charge in [0, 0.05) is 11.4 Å². The predicted octanol–water partition coefficient (Wildman–Crippen LogP) is 1.10. The van der Waals surface area contributed by atoms with E-state index in [1.807, 2.05) is 91.0 Å². The van der Waals surface area contributed by atoms with E-state index in [0.717, 1.165) is 56.5 Å². The zero-order valence-electron chi connectivity index (χ0n) is 20.4. The molecule has 5 nitrogen and oxygen atoms in total. The summed E-state index contributed by atoms with van der Waals surface area (Å²) in [6.45, 7) is 0. The van der Waals surface area contributed by atoms with Gasteiger partial charge in [0.25, 0.3) is 0 Å². The molecule has 39 heavy (non-hydrogen) atoms. The van der Waals surface area contributed by atoms with Crippen molar-refractivity contribution in [3.63, 3.8) is 0 Å². The Kier molecular flexibility index (Phi) is 8.53. The normalized spacial score (nSPS) is 10.5. The number of fused-ring (bicyclic) bond motifs is 2. The molecule has 3 aromatic heterocycles. The quantitative estimate of drug-likeness (QED) is 0.308. The van der Waals surface area contributed by atoms with Crippen LogP contribution in [0.25, 0.3) is 56.5 Å². The van der Waals surface area contributed by atoms with Crippen LogP contribution in [-0.4, -0.2) is 24.1 Å².